The summed E-state index contributed by atoms with van der Waals surface area (Å²) in [7, 11) is 0. The van der Waals surface area contributed by atoms with Gasteiger partial charge in [0.05, 0.1) is 0 Å². The SMILES string of the molecule is c1ccc(N(c2cccc(-c3cc4ccccc4c4ccccc34)c2)c2cccc(-c3cc4ccccc4c4ccccc34)c2)cc1. The smallest absolute Gasteiger partial charge is 0.0467 e. The minimum absolute atomic E-state index is 1.12. The van der Waals surface area contributed by atoms with Crippen LogP contribution >= 0.6 is 0 Å². The lowest BCUT2D eigenvalue weighted by atomic mass is 9.92. The lowest BCUT2D eigenvalue weighted by molar-refractivity contribution is 1.28. The number of benzene rings is 9. The summed E-state index contributed by atoms with van der Waals surface area (Å²) >= 11 is 0. The summed E-state index contributed by atoms with van der Waals surface area (Å²) in [6.45, 7) is 0. The molecule has 220 valence electrons. The van der Waals surface area contributed by atoms with Gasteiger partial charge in [-0.15, -0.1) is 0 Å². The van der Waals surface area contributed by atoms with E-state index in [2.05, 4.69) is 193 Å². The highest BCUT2D eigenvalue weighted by Gasteiger charge is 2.16. The molecule has 1 nitrogen and oxygen atoms in total. The van der Waals surface area contributed by atoms with Crippen LogP contribution < -0.4 is 4.90 Å². The molecule has 0 aliphatic heterocycles. The maximum atomic E-state index is 2.37. The first-order valence-electron chi connectivity index (χ1n) is 16.2. The fourth-order valence-corrected chi connectivity index (χ4v) is 7.24. The number of fused-ring (bicyclic) bond motifs is 6. The van der Waals surface area contributed by atoms with E-state index >= 15 is 0 Å². The Balaban J connectivity index is 1.23. The van der Waals surface area contributed by atoms with Crippen LogP contribution in [0.25, 0.3) is 65.3 Å². The lowest BCUT2D eigenvalue weighted by Gasteiger charge is -2.27. The van der Waals surface area contributed by atoms with Crippen LogP contribution in [0.3, 0.4) is 0 Å². The van der Waals surface area contributed by atoms with E-state index in [0.717, 1.165) is 17.1 Å². The monoisotopic (exact) mass is 597 g/mol. The number of anilines is 3. The van der Waals surface area contributed by atoms with Crippen LogP contribution in [-0.4, -0.2) is 0 Å². The Hall–Kier alpha value is -6.18. The van der Waals surface area contributed by atoms with Gasteiger partial charge >= 0.3 is 0 Å². The van der Waals surface area contributed by atoms with Crippen molar-refractivity contribution in [2.45, 2.75) is 0 Å². The van der Waals surface area contributed by atoms with E-state index in [1.54, 1.807) is 0 Å². The second-order valence-corrected chi connectivity index (χ2v) is 12.2. The lowest BCUT2D eigenvalue weighted by Crippen LogP contribution is -2.10. The Bertz CT molecular complexity index is 2420. The largest absolute Gasteiger partial charge is 0.310 e. The Labute approximate surface area is 274 Å². The van der Waals surface area contributed by atoms with Gasteiger partial charge in [0.15, 0.2) is 0 Å². The molecule has 9 aromatic rings. The molecular weight excluding hydrogens is 567 g/mol. The molecule has 0 aliphatic carbocycles. The molecule has 0 bridgehead atoms. The van der Waals surface area contributed by atoms with Crippen LogP contribution in [-0.2, 0) is 0 Å². The van der Waals surface area contributed by atoms with Gasteiger partial charge in [0.25, 0.3) is 0 Å². The standard InChI is InChI=1S/C46H31N/c1-2-18-36(19-3-1)47(37-20-12-16-32(28-37)45-30-34-14-4-6-22-39(34)41-24-8-10-26-43(41)45)38-21-13-17-33(29-38)46-31-35-15-5-7-23-40(35)42-25-9-11-27-44(42)46/h1-31H. The first-order chi connectivity index (χ1) is 23.3. The van der Waals surface area contributed by atoms with Gasteiger partial charge in [-0.3, -0.25) is 0 Å². The molecule has 9 rings (SSSR count). The maximum Gasteiger partial charge on any atom is 0.0467 e. The van der Waals surface area contributed by atoms with E-state index in [9.17, 15) is 0 Å². The Morgan fingerprint density at radius 3 is 1.13 bits per heavy atom. The minimum Gasteiger partial charge on any atom is -0.310 e. The predicted molar refractivity (Wildman–Crippen MR) is 202 cm³/mol. The molecule has 0 heterocycles. The van der Waals surface area contributed by atoms with E-state index in [-0.39, 0.29) is 0 Å². The third kappa shape index (κ3) is 4.72. The summed E-state index contributed by atoms with van der Waals surface area (Å²) in [5.74, 6) is 0. The fourth-order valence-electron chi connectivity index (χ4n) is 7.24. The van der Waals surface area contributed by atoms with Gasteiger partial charge in [0.1, 0.15) is 0 Å². The highest BCUT2D eigenvalue weighted by atomic mass is 15.1. The highest BCUT2D eigenvalue weighted by Crippen LogP contribution is 2.42. The van der Waals surface area contributed by atoms with Crippen LogP contribution in [0.15, 0.2) is 188 Å². The van der Waals surface area contributed by atoms with Gasteiger partial charge in [-0.05, 0) is 114 Å². The molecule has 0 aromatic heterocycles. The number of hydrogen-bond donors (Lipinski definition) is 0. The molecule has 0 fully saturated rings. The number of rotatable bonds is 5. The normalized spacial score (nSPS) is 11.4. The zero-order valence-electron chi connectivity index (χ0n) is 25.8. The molecule has 0 spiro atoms. The number of nitrogens with zero attached hydrogens (tertiary/aromatic N) is 1. The van der Waals surface area contributed by atoms with Crippen LogP contribution in [0, 0.1) is 0 Å². The van der Waals surface area contributed by atoms with Crippen molar-refractivity contribution in [2.24, 2.45) is 0 Å². The van der Waals surface area contributed by atoms with Crippen LogP contribution in [0.2, 0.25) is 0 Å². The summed E-state index contributed by atoms with van der Waals surface area (Å²) in [4.78, 5) is 2.37. The van der Waals surface area contributed by atoms with Crippen LogP contribution in [0.4, 0.5) is 17.1 Å². The molecule has 1 heteroatoms. The number of hydrogen-bond acceptors (Lipinski definition) is 1. The third-order valence-corrected chi connectivity index (χ3v) is 9.38. The topological polar surface area (TPSA) is 3.24 Å². The summed E-state index contributed by atoms with van der Waals surface area (Å²) in [5.41, 5.74) is 8.23. The Kier molecular flexibility index (Phi) is 6.54. The highest BCUT2D eigenvalue weighted by molar-refractivity contribution is 6.15. The molecule has 0 radical (unpaired) electrons. The van der Waals surface area contributed by atoms with E-state index in [4.69, 9.17) is 0 Å². The Morgan fingerprint density at radius 1 is 0.255 bits per heavy atom. The summed E-state index contributed by atoms with van der Waals surface area (Å²) < 4.78 is 0. The number of para-hydroxylation sites is 1. The molecule has 0 atom stereocenters. The van der Waals surface area contributed by atoms with E-state index in [1.165, 1.54) is 65.3 Å². The van der Waals surface area contributed by atoms with Gasteiger partial charge < -0.3 is 4.90 Å². The molecule has 9 aromatic carbocycles. The van der Waals surface area contributed by atoms with E-state index in [0.29, 0.717) is 0 Å². The maximum absolute atomic E-state index is 2.37. The summed E-state index contributed by atoms with van der Waals surface area (Å²) in [5, 5.41) is 10.2. The van der Waals surface area contributed by atoms with E-state index in [1.807, 2.05) is 0 Å². The first kappa shape index (κ1) is 27.2. The van der Waals surface area contributed by atoms with Gasteiger partial charge in [-0.25, -0.2) is 0 Å². The second kappa shape index (κ2) is 11.3. The van der Waals surface area contributed by atoms with Crippen molar-refractivity contribution in [2.75, 3.05) is 4.90 Å². The van der Waals surface area contributed by atoms with Gasteiger partial charge in [-0.2, -0.15) is 0 Å². The van der Waals surface area contributed by atoms with Crippen molar-refractivity contribution in [3.05, 3.63) is 188 Å². The van der Waals surface area contributed by atoms with Gasteiger partial charge in [0, 0.05) is 17.1 Å². The van der Waals surface area contributed by atoms with Crippen LogP contribution in [0.5, 0.6) is 0 Å². The third-order valence-electron chi connectivity index (χ3n) is 9.38. The van der Waals surface area contributed by atoms with Gasteiger partial charge in [0.2, 0.25) is 0 Å². The van der Waals surface area contributed by atoms with Gasteiger partial charge in [-0.1, -0.05) is 140 Å². The average molecular weight is 598 g/mol. The molecular formula is C46H31N. The van der Waals surface area contributed by atoms with Crippen molar-refractivity contribution < 1.29 is 0 Å². The molecule has 0 amide bonds. The summed E-state index contributed by atoms with van der Waals surface area (Å²) in [6, 6.07) is 68.2. The molecule has 0 saturated carbocycles. The predicted octanol–water partition coefficient (Wildman–Crippen LogP) is 13.1. The molecule has 0 N–H and O–H groups in total. The molecule has 0 unspecified atom stereocenters. The first-order valence-corrected chi connectivity index (χ1v) is 16.2. The van der Waals surface area contributed by atoms with E-state index < -0.39 is 0 Å². The zero-order valence-corrected chi connectivity index (χ0v) is 25.8. The molecule has 47 heavy (non-hydrogen) atoms. The van der Waals surface area contributed by atoms with Crippen molar-refractivity contribution in [3.63, 3.8) is 0 Å². The average Bonchev–Trinajstić information content (AvgIpc) is 3.15. The summed E-state index contributed by atoms with van der Waals surface area (Å²) in [6.07, 6.45) is 0. The van der Waals surface area contributed by atoms with Crippen molar-refractivity contribution in [3.8, 4) is 22.3 Å². The van der Waals surface area contributed by atoms with Crippen LogP contribution in [0.1, 0.15) is 0 Å². The minimum atomic E-state index is 1.12. The Morgan fingerprint density at radius 2 is 0.638 bits per heavy atom. The van der Waals surface area contributed by atoms with Crippen molar-refractivity contribution in [1.29, 1.82) is 0 Å². The second-order valence-electron chi connectivity index (χ2n) is 12.2. The molecule has 0 aliphatic rings. The zero-order chi connectivity index (χ0) is 31.2. The van der Waals surface area contributed by atoms with Crippen molar-refractivity contribution in [1.82, 2.24) is 0 Å². The van der Waals surface area contributed by atoms with Crippen molar-refractivity contribution >= 4 is 60.2 Å². The quantitative estimate of drug-likeness (QED) is 0.178. The fraction of sp³-hybridized carbons (Fsp3) is 0. The molecule has 0 saturated heterocycles.